The average Bonchev–Trinajstić information content (AvgIpc) is 2.90. The largest absolute Gasteiger partial charge is 0.493 e. The fourth-order valence-corrected chi connectivity index (χ4v) is 2.83. The summed E-state index contributed by atoms with van der Waals surface area (Å²) in [5, 5.41) is 1.69. The number of hydrogen-bond donors (Lipinski definition) is 1. The summed E-state index contributed by atoms with van der Waals surface area (Å²) in [6.07, 6.45) is 0. The Kier molecular flexibility index (Phi) is 4.36. The predicted molar refractivity (Wildman–Crippen MR) is 88.5 cm³/mol. The Hall–Kier alpha value is -1.65. The molecule has 0 aliphatic rings. The molecule has 0 fully saturated rings. The van der Waals surface area contributed by atoms with Crippen LogP contribution in [0.15, 0.2) is 47.6 Å². The molecule has 5 heteroatoms. The van der Waals surface area contributed by atoms with Gasteiger partial charge in [-0.2, -0.15) is 0 Å². The highest BCUT2D eigenvalue weighted by Crippen LogP contribution is 2.22. The first-order valence-corrected chi connectivity index (χ1v) is 8.05. The number of halogens is 1. The van der Waals surface area contributed by atoms with Crippen LogP contribution in [0.5, 0.6) is 5.75 Å². The minimum absolute atomic E-state index is 0.628. The topological polar surface area (TPSA) is 37.9 Å². The zero-order valence-electron chi connectivity index (χ0n) is 11.6. The number of H-pyrrole nitrogens is 1. The summed E-state index contributed by atoms with van der Waals surface area (Å²) in [7, 11) is 0. The van der Waals surface area contributed by atoms with Crippen LogP contribution in [0.2, 0.25) is 5.02 Å². The normalized spacial score (nSPS) is 11.0. The number of para-hydroxylation sites is 2. The fraction of sp³-hybridized carbons (Fsp3) is 0.188. The van der Waals surface area contributed by atoms with Gasteiger partial charge in [0, 0.05) is 10.8 Å². The molecule has 1 aromatic heterocycles. The van der Waals surface area contributed by atoms with Gasteiger partial charge in [0.25, 0.3) is 0 Å². The highest BCUT2D eigenvalue weighted by Gasteiger charge is 2.03. The maximum atomic E-state index is 5.99. The van der Waals surface area contributed by atoms with E-state index in [-0.39, 0.29) is 0 Å². The molecule has 0 radical (unpaired) electrons. The summed E-state index contributed by atoms with van der Waals surface area (Å²) in [6.45, 7) is 2.60. The third-order valence-electron chi connectivity index (χ3n) is 3.09. The molecule has 1 heterocycles. The number of nitrogens with one attached hydrogen (secondary N) is 1. The Labute approximate surface area is 132 Å². The molecule has 3 nitrogen and oxygen atoms in total. The summed E-state index contributed by atoms with van der Waals surface area (Å²) >= 11 is 7.64. The number of imidazole rings is 1. The number of fused-ring (bicyclic) bond motifs is 1. The predicted octanol–water partition coefficient (Wildman–Crippen LogP) is 4.70. The minimum Gasteiger partial charge on any atom is -0.493 e. The van der Waals surface area contributed by atoms with Crippen LogP contribution in [0.3, 0.4) is 0 Å². The van der Waals surface area contributed by atoms with Crippen molar-refractivity contribution in [1.29, 1.82) is 0 Å². The number of aromatic amines is 1. The lowest BCUT2D eigenvalue weighted by molar-refractivity contribution is 0.343. The second kappa shape index (κ2) is 6.41. The highest BCUT2D eigenvalue weighted by molar-refractivity contribution is 7.99. The first-order chi connectivity index (χ1) is 10.2. The van der Waals surface area contributed by atoms with Gasteiger partial charge in [-0.05, 0) is 42.8 Å². The van der Waals surface area contributed by atoms with Crippen LogP contribution < -0.4 is 4.74 Å². The van der Waals surface area contributed by atoms with Crippen LogP contribution in [-0.4, -0.2) is 22.3 Å². The van der Waals surface area contributed by atoms with Gasteiger partial charge >= 0.3 is 0 Å². The monoisotopic (exact) mass is 318 g/mol. The number of nitrogens with zero attached hydrogens (tertiary/aromatic N) is 1. The van der Waals surface area contributed by atoms with E-state index < -0.39 is 0 Å². The van der Waals surface area contributed by atoms with E-state index in [1.807, 2.05) is 49.4 Å². The molecule has 3 rings (SSSR count). The van der Waals surface area contributed by atoms with Crippen LogP contribution >= 0.6 is 23.4 Å². The van der Waals surface area contributed by atoms with E-state index in [4.69, 9.17) is 16.3 Å². The number of rotatable bonds is 5. The minimum atomic E-state index is 0.628. The van der Waals surface area contributed by atoms with E-state index in [1.165, 1.54) is 0 Å². The summed E-state index contributed by atoms with van der Waals surface area (Å²) < 4.78 is 5.72. The molecule has 0 spiro atoms. The number of aryl methyl sites for hydroxylation is 1. The SMILES string of the molecule is Cc1cc(OCCSc2nc3ccccc3[nH]2)ccc1Cl. The van der Waals surface area contributed by atoms with Crippen molar-refractivity contribution in [3.8, 4) is 5.75 Å². The number of hydrogen-bond acceptors (Lipinski definition) is 3. The summed E-state index contributed by atoms with van der Waals surface area (Å²) in [5.74, 6) is 1.68. The number of ether oxygens (including phenoxy) is 1. The lowest BCUT2D eigenvalue weighted by atomic mass is 10.2. The number of benzene rings is 2. The van der Waals surface area contributed by atoms with Crippen molar-refractivity contribution < 1.29 is 4.74 Å². The van der Waals surface area contributed by atoms with Crippen molar-refractivity contribution in [2.75, 3.05) is 12.4 Å². The molecule has 2 aromatic carbocycles. The van der Waals surface area contributed by atoms with Crippen LogP contribution in [0, 0.1) is 6.92 Å². The third kappa shape index (κ3) is 3.52. The Morgan fingerprint density at radius 1 is 1.24 bits per heavy atom. The maximum absolute atomic E-state index is 5.99. The van der Waals surface area contributed by atoms with Crippen LogP contribution in [0.4, 0.5) is 0 Å². The molecule has 3 aromatic rings. The van der Waals surface area contributed by atoms with Gasteiger partial charge in [-0.1, -0.05) is 35.5 Å². The van der Waals surface area contributed by atoms with E-state index >= 15 is 0 Å². The standard InChI is InChI=1S/C16H15ClN2OS/c1-11-10-12(6-7-13(11)17)20-8-9-21-16-18-14-4-2-3-5-15(14)19-16/h2-7,10H,8-9H2,1H3,(H,18,19). The van der Waals surface area contributed by atoms with Crippen molar-refractivity contribution in [2.24, 2.45) is 0 Å². The molecule has 0 aliphatic heterocycles. The van der Waals surface area contributed by atoms with Gasteiger partial charge in [0.15, 0.2) is 5.16 Å². The molecule has 0 saturated carbocycles. The number of thioether (sulfide) groups is 1. The van der Waals surface area contributed by atoms with Crippen molar-refractivity contribution in [2.45, 2.75) is 12.1 Å². The Bertz CT molecular complexity index is 724. The van der Waals surface area contributed by atoms with Crippen molar-refractivity contribution >= 4 is 34.4 Å². The Morgan fingerprint density at radius 3 is 2.90 bits per heavy atom. The third-order valence-corrected chi connectivity index (χ3v) is 4.35. The van der Waals surface area contributed by atoms with Gasteiger partial charge in [0.05, 0.1) is 17.6 Å². The van der Waals surface area contributed by atoms with E-state index in [0.29, 0.717) is 6.61 Å². The van der Waals surface area contributed by atoms with Crippen molar-refractivity contribution in [1.82, 2.24) is 9.97 Å². The molecular formula is C16H15ClN2OS. The second-order valence-corrected chi connectivity index (χ2v) is 6.16. The van der Waals surface area contributed by atoms with E-state index in [0.717, 1.165) is 38.3 Å². The quantitative estimate of drug-likeness (QED) is 0.547. The zero-order chi connectivity index (χ0) is 14.7. The molecule has 0 atom stereocenters. The second-order valence-electron chi connectivity index (χ2n) is 4.67. The van der Waals surface area contributed by atoms with E-state index in [1.54, 1.807) is 11.8 Å². The molecule has 0 saturated heterocycles. The van der Waals surface area contributed by atoms with Crippen LogP contribution in [0.1, 0.15) is 5.56 Å². The lowest BCUT2D eigenvalue weighted by Crippen LogP contribution is -2.00. The molecule has 0 amide bonds. The van der Waals surface area contributed by atoms with Gasteiger partial charge < -0.3 is 9.72 Å². The van der Waals surface area contributed by atoms with E-state index in [2.05, 4.69) is 9.97 Å². The van der Waals surface area contributed by atoms with Gasteiger partial charge in [0.1, 0.15) is 5.75 Å². The molecule has 0 aliphatic carbocycles. The molecule has 21 heavy (non-hydrogen) atoms. The van der Waals surface area contributed by atoms with Gasteiger partial charge in [-0.3, -0.25) is 0 Å². The van der Waals surface area contributed by atoms with Crippen LogP contribution in [0.25, 0.3) is 11.0 Å². The first-order valence-electron chi connectivity index (χ1n) is 6.69. The fourth-order valence-electron chi connectivity index (χ4n) is 2.00. The van der Waals surface area contributed by atoms with Gasteiger partial charge in [-0.15, -0.1) is 0 Å². The number of aromatic nitrogens is 2. The van der Waals surface area contributed by atoms with Gasteiger partial charge in [-0.25, -0.2) is 4.98 Å². The molecule has 108 valence electrons. The smallest absolute Gasteiger partial charge is 0.166 e. The average molecular weight is 319 g/mol. The first kappa shape index (κ1) is 14.3. The zero-order valence-corrected chi connectivity index (χ0v) is 13.2. The highest BCUT2D eigenvalue weighted by atomic mass is 35.5. The molecule has 0 bridgehead atoms. The van der Waals surface area contributed by atoms with Crippen molar-refractivity contribution in [3.63, 3.8) is 0 Å². The van der Waals surface area contributed by atoms with Crippen LogP contribution in [-0.2, 0) is 0 Å². The molecule has 1 N–H and O–H groups in total. The Balaban J connectivity index is 1.52. The lowest BCUT2D eigenvalue weighted by Gasteiger charge is -2.06. The van der Waals surface area contributed by atoms with Gasteiger partial charge in [0.2, 0.25) is 0 Å². The van der Waals surface area contributed by atoms with E-state index in [9.17, 15) is 0 Å². The molecular weight excluding hydrogens is 304 g/mol. The van der Waals surface area contributed by atoms with Crippen molar-refractivity contribution in [3.05, 3.63) is 53.1 Å². The molecule has 0 unspecified atom stereocenters. The summed E-state index contributed by atoms with van der Waals surface area (Å²) in [5.41, 5.74) is 3.09. The summed E-state index contributed by atoms with van der Waals surface area (Å²) in [4.78, 5) is 7.81. The maximum Gasteiger partial charge on any atom is 0.166 e. The summed E-state index contributed by atoms with van der Waals surface area (Å²) in [6, 6.07) is 13.7. The Morgan fingerprint density at radius 2 is 2.10 bits per heavy atom.